The number of carbonyl (C=O) groups is 1. The van der Waals surface area contributed by atoms with Crippen LogP contribution >= 0.6 is 11.8 Å². The first-order valence-electron chi connectivity index (χ1n) is 7.61. The third kappa shape index (κ3) is 3.41. The van der Waals surface area contributed by atoms with Gasteiger partial charge in [0.15, 0.2) is 4.87 Å². The van der Waals surface area contributed by atoms with Crippen LogP contribution in [0.25, 0.3) is 0 Å². The van der Waals surface area contributed by atoms with Gasteiger partial charge in [-0.1, -0.05) is 0 Å². The highest BCUT2D eigenvalue weighted by Gasteiger charge is 2.57. The number of hydrogen-bond donors (Lipinski definition) is 0. The van der Waals surface area contributed by atoms with E-state index in [1.165, 1.54) is 35.3 Å². The van der Waals surface area contributed by atoms with Crippen molar-refractivity contribution in [2.24, 2.45) is 0 Å². The van der Waals surface area contributed by atoms with Crippen LogP contribution in [0.1, 0.15) is 27.7 Å². The van der Waals surface area contributed by atoms with Crippen molar-refractivity contribution in [2.75, 3.05) is 20.3 Å². The third-order valence-corrected chi connectivity index (χ3v) is 7.30. The first kappa shape index (κ1) is 19.1. The van der Waals surface area contributed by atoms with Gasteiger partial charge < -0.3 is 9.47 Å². The maximum absolute atomic E-state index is 13.1. The highest BCUT2D eigenvalue weighted by Crippen LogP contribution is 2.50. The summed E-state index contributed by atoms with van der Waals surface area (Å²) in [5, 5.41) is 0. The molecule has 0 amide bonds. The molecule has 8 heteroatoms. The lowest BCUT2D eigenvalue weighted by Crippen LogP contribution is -2.50. The summed E-state index contributed by atoms with van der Waals surface area (Å²) < 4.78 is 37.3. The standard InChI is InChI=1S/C16H23NO5S2/c1-6-22-14(18)16(4)17(11-15(2,3)23-16)24(19,20)13-9-7-12(21-5)8-10-13/h7-10H,6,11H2,1-5H3. The van der Waals surface area contributed by atoms with Crippen LogP contribution in [0, 0.1) is 0 Å². The molecule has 0 saturated carbocycles. The molecule has 24 heavy (non-hydrogen) atoms. The second kappa shape index (κ2) is 6.57. The Bertz CT molecular complexity index is 714. The number of benzene rings is 1. The number of carbonyl (C=O) groups excluding carboxylic acids is 1. The van der Waals surface area contributed by atoms with Gasteiger partial charge in [0, 0.05) is 11.3 Å². The summed E-state index contributed by atoms with van der Waals surface area (Å²) in [5.41, 5.74) is 0. The summed E-state index contributed by atoms with van der Waals surface area (Å²) in [4.78, 5) is 11.3. The van der Waals surface area contributed by atoms with Crippen LogP contribution in [0.3, 0.4) is 0 Å². The number of methoxy groups -OCH3 is 1. The van der Waals surface area contributed by atoms with Gasteiger partial charge >= 0.3 is 5.97 Å². The molecule has 134 valence electrons. The van der Waals surface area contributed by atoms with Crippen molar-refractivity contribution in [3.8, 4) is 5.75 Å². The van der Waals surface area contributed by atoms with Crippen LogP contribution in [0.4, 0.5) is 0 Å². The second-order valence-electron chi connectivity index (χ2n) is 6.25. The molecule has 1 aromatic carbocycles. The van der Waals surface area contributed by atoms with E-state index < -0.39 is 25.6 Å². The molecular formula is C16H23NO5S2. The highest BCUT2D eigenvalue weighted by molar-refractivity contribution is 8.04. The van der Waals surface area contributed by atoms with Crippen LogP contribution in [0.2, 0.25) is 0 Å². The molecule has 1 aromatic rings. The lowest BCUT2D eigenvalue weighted by molar-refractivity contribution is -0.148. The summed E-state index contributed by atoms with van der Waals surface area (Å²) in [6.07, 6.45) is 0. The topological polar surface area (TPSA) is 72.9 Å². The molecule has 2 rings (SSSR count). The normalized spacial score (nSPS) is 23.9. The van der Waals surface area contributed by atoms with Gasteiger partial charge in [-0.3, -0.25) is 0 Å². The Kier molecular flexibility index (Phi) is 5.22. The average Bonchev–Trinajstić information content (AvgIpc) is 2.79. The molecule has 0 spiro atoms. The predicted octanol–water partition coefficient (Wildman–Crippen LogP) is 2.49. The van der Waals surface area contributed by atoms with Crippen molar-refractivity contribution < 1.29 is 22.7 Å². The van der Waals surface area contributed by atoms with Gasteiger partial charge in [-0.2, -0.15) is 4.31 Å². The molecule has 1 atom stereocenters. The predicted molar refractivity (Wildman–Crippen MR) is 93.6 cm³/mol. The molecule has 6 nitrogen and oxygen atoms in total. The van der Waals surface area contributed by atoms with Crippen LogP contribution in [0.5, 0.6) is 5.75 Å². The highest BCUT2D eigenvalue weighted by atomic mass is 32.2. The van der Waals surface area contributed by atoms with E-state index in [4.69, 9.17) is 9.47 Å². The van der Waals surface area contributed by atoms with Crippen molar-refractivity contribution >= 4 is 27.8 Å². The fraction of sp³-hybridized carbons (Fsp3) is 0.562. The number of sulfonamides is 1. The Balaban J connectivity index is 2.46. The number of thioether (sulfide) groups is 1. The quantitative estimate of drug-likeness (QED) is 0.739. The zero-order chi connectivity index (χ0) is 18.2. The number of esters is 1. The number of nitrogens with zero attached hydrogens (tertiary/aromatic N) is 1. The van der Waals surface area contributed by atoms with Crippen molar-refractivity contribution in [3.63, 3.8) is 0 Å². The van der Waals surface area contributed by atoms with Gasteiger partial charge in [0.1, 0.15) is 5.75 Å². The van der Waals surface area contributed by atoms with Crippen LogP contribution in [-0.4, -0.2) is 48.6 Å². The summed E-state index contributed by atoms with van der Waals surface area (Å²) in [6.45, 7) is 7.56. The average molecular weight is 373 g/mol. The molecule has 1 unspecified atom stereocenters. The second-order valence-corrected chi connectivity index (χ2v) is 10.2. The molecule has 0 bridgehead atoms. The van der Waals surface area contributed by atoms with E-state index in [0.29, 0.717) is 5.75 Å². The molecule has 1 fully saturated rings. The van der Waals surface area contributed by atoms with E-state index in [1.54, 1.807) is 26.0 Å². The maximum Gasteiger partial charge on any atom is 0.337 e. The minimum absolute atomic E-state index is 0.122. The van der Waals surface area contributed by atoms with Gasteiger partial charge in [-0.25, -0.2) is 13.2 Å². The van der Waals surface area contributed by atoms with Crippen LogP contribution in [0.15, 0.2) is 29.2 Å². The fourth-order valence-corrected chi connectivity index (χ4v) is 6.54. The molecule has 1 aliphatic heterocycles. The number of rotatable bonds is 5. The Labute approximate surface area is 147 Å². The van der Waals surface area contributed by atoms with E-state index in [1.807, 2.05) is 13.8 Å². The minimum atomic E-state index is -3.85. The summed E-state index contributed by atoms with van der Waals surface area (Å²) >= 11 is 1.30. The van der Waals surface area contributed by atoms with Gasteiger partial charge in [0.2, 0.25) is 10.0 Å². The van der Waals surface area contributed by atoms with Crippen molar-refractivity contribution in [3.05, 3.63) is 24.3 Å². The zero-order valence-electron chi connectivity index (χ0n) is 14.5. The summed E-state index contributed by atoms with van der Waals surface area (Å²) in [6, 6.07) is 6.14. The summed E-state index contributed by atoms with van der Waals surface area (Å²) in [7, 11) is -2.33. The van der Waals surface area contributed by atoms with Gasteiger partial charge in [-0.15, -0.1) is 11.8 Å². The lowest BCUT2D eigenvalue weighted by atomic mass is 10.2. The lowest BCUT2D eigenvalue weighted by Gasteiger charge is -2.30. The van der Waals surface area contributed by atoms with Crippen LogP contribution < -0.4 is 4.74 Å². The largest absolute Gasteiger partial charge is 0.497 e. The molecule has 1 aliphatic rings. The summed E-state index contributed by atoms with van der Waals surface area (Å²) in [5.74, 6) is 0.0240. The smallest absolute Gasteiger partial charge is 0.337 e. The first-order valence-corrected chi connectivity index (χ1v) is 9.87. The number of ether oxygens (including phenoxy) is 2. The molecule has 0 N–H and O–H groups in total. The van der Waals surface area contributed by atoms with Gasteiger partial charge in [-0.05, 0) is 52.0 Å². The molecule has 0 aromatic heterocycles. The molecular weight excluding hydrogens is 350 g/mol. The third-order valence-electron chi connectivity index (χ3n) is 3.78. The van der Waals surface area contributed by atoms with Gasteiger partial charge in [0.25, 0.3) is 0 Å². The Morgan fingerprint density at radius 3 is 2.33 bits per heavy atom. The van der Waals surface area contributed by atoms with Crippen molar-refractivity contribution in [1.82, 2.24) is 4.31 Å². The van der Waals surface area contributed by atoms with Crippen molar-refractivity contribution in [1.29, 1.82) is 0 Å². The van der Waals surface area contributed by atoms with Crippen LogP contribution in [-0.2, 0) is 19.6 Å². The molecule has 1 heterocycles. The number of hydrogen-bond acceptors (Lipinski definition) is 6. The van der Waals surface area contributed by atoms with E-state index >= 15 is 0 Å². The molecule has 1 saturated heterocycles. The molecule has 0 aliphatic carbocycles. The SMILES string of the molecule is CCOC(=O)C1(C)SC(C)(C)CN1S(=O)(=O)c1ccc(OC)cc1. The van der Waals surface area contributed by atoms with E-state index in [0.717, 1.165) is 0 Å². The van der Waals surface area contributed by atoms with Crippen molar-refractivity contribution in [2.45, 2.75) is 42.2 Å². The Morgan fingerprint density at radius 2 is 1.83 bits per heavy atom. The monoisotopic (exact) mass is 373 g/mol. The van der Waals surface area contributed by atoms with E-state index in [2.05, 4.69) is 0 Å². The Morgan fingerprint density at radius 1 is 1.25 bits per heavy atom. The van der Waals surface area contributed by atoms with Gasteiger partial charge in [0.05, 0.1) is 18.6 Å². The fourth-order valence-electron chi connectivity index (χ4n) is 2.72. The maximum atomic E-state index is 13.1. The molecule has 0 radical (unpaired) electrons. The minimum Gasteiger partial charge on any atom is -0.497 e. The van der Waals surface area contributed by atoms with E-state index in [-0.39, 0.29) is 18.0 Å². The first-order chi connectivity index (χ1) is 11.1. The van der Waals surface area contributed by atoms with E-state index in [9.17, 15) is 13.2 Å². The Hall–Kier alpha value is -1.25. The zero-order valence-corrected chi connectivity index (χ0v) is 16.2.